The van der Waals surface area contributed by atoms with Crippen molar-refractivity contribution in [1.82, 2.24) is 0 Å². The first-order valence-corrected chi connectivity index (χ1v) is 8.75. The van der Waals surface area contributed by atoms with E-state index in [0.717, 1.165) is 18.2 Å². The van der Waals surface area contributed by atoms with Crippen LogP contribution >= 0.6 is 23.2 Å². The summed E-state index contributed by atoms with van der Waals surface area (Å²) in [6, 6.07) is 5.90. The zero-order chi connectivity index (χ0) is 19.9. The predicted molar refractivity (Wildman–Crippen MR) is 96.2 cm³/mol. The topological polar surface area (TPSA) is 26.0 Å². The van der Waals surface area contributed by atoms with Crippen LogP contribution in [0.4, 0.5) is 22.0 Å². The van der Waals surface area contributed by atoms with Crippen molar-refractivity contribution in [2.75, 3.05) is 0 Å². The standard InChI is InChI=1S/C19H14Cl2F5N/c20-14-6-11(7-15(21)17(14)23)13(19(24,25)26)4-2-9-1-3-12-10(5-9)8-16(22)18(12)27/h1-7,13,16,18H,8,27H2. The van der Waals surface area contributed by atoms with E-state index in [1.54, 1.807) is 18.2 Å². The smallest absolute Gasteiger partial charge is 0.322 e. The fourth-order valence-corrected chi connectivity index (χ4v) is 3.64. The minimum absolute atomic E-state index is 0.129. The van der Waals surface area contributed by atoms with Crippen LogP contribution in [0.1, 0.15) is 34.2 Å². The summed E-state index contributed by atoms with van der Waals surface area (Å²) in [6.45, 7) is 0. The van der Waals surface area contributed by atoms with Crippen LogP contribution in [0.15, 0.2) is 36.4 Å². The van der Waals surface area contributed by atoms with Crippen LogP contribution in [0, 0.1) is 5.82 Å². The summed E-state index contributed by atoms with van der Waals surface area (Å²) in [7, 11) is 0. The zero-order valence-corrected chi connectivity index (χ0v) is 15.2. The predicted octanol–water partition coefficient (Wildman–Crippen LogP) is 6.39. The molecule has 144 valence electrons. The Kier molecular flexibility index (Phi) is 5.52. The van der Waals surface area contributed by atoms with Crippen LogP contribution in [0.3, 0.4) is 0 Å². The molecule has 1 nitrogen and oxygen atoms in total. The van der Waals surface area contributed by atoms with E-state index in [4.69, 9.17) is 28.9 Å². The van der Waals surface area contributed by atoms with E-state index >= 15 is 0 Å². The first-order valence-electron chi connectivity index (χ1n) is 7.99. The number of halogens is 7. The van der Waals surface area contributed by atoms with Crippen LogP contribution in [0.2, 0.25) is 10.0 Å². The Balaban J connectivity index is 1.94. The second-order valence-electron chi connectivity index (χ2n) is 6.38. The second-order valence-corrected chi connectivity index (χ2v) is 7.20. The molecule has 8 heteroatoms. The quantitative estimate of drug-likeness (QED) is 0.451. The number of allylic oxidation sites excluding steroid dienone is 1. The lowest BCUT2D eigenvalue weighted by Crippen LogP contribution is -2.19. The monoisotopic (exact) mass is 421 g/mol. The van der Waals surface area contributed by atoms with E-state index in [2.05, 4.69) is 0 Å². The fraction of sp³-hybridized carbons (Fsp3) is 0.263. The van der Waals surface area contributed by atoms with Gasteiger partial charge in [0.15, 0.2) is 5.82 Å². The first-order chi connectivity index (χ1) is 12.6. The van der Waals surface area contributed by atoms with Gasteiger partial charge in [0.2, 0.25) is 0 Å². The van der Waals surface area contributed by atoms with Gasteiger partial charge in [-0.2, -0.15) is 13.2 Å². The minimum Gasteiger partial charge on any atom is -0.322 e. The van der Waals surface area contributed by atoms with E-state index in [9.17, 15) is 22.0 Å². The van der Waals surface area contributed by atoms with Crippen molar-refractivity contribution in [3.8, 4) is 0 Å². The fourth-order valence-electron chi connectivity index (χ4n) is 3.13. The lowest BCUT2D eigenvalue weighted by Gasteiger charge is -2.18. The van der Waals surface area contributed by atoms with Crippen LogP contribution in [-0.2, 0) is 6.42 Å². The number of hydrogen-bond acceptors (Lipinski definition) is 1. The van der Waals surface area contributed by atoms with Crippen molar-refractivity contribution in [3.05, 3.63) is 74.5 Å². The molecule has 0 amide bonds. The van der Waals surface area contributed by atoms with Crippen molar-refractivity contribution in [2.24, 2.45) is 5.73 Å². The summed E-state index contributed by atoms with van der Waals surface area (Å²) in [4.78, 5) is 0. The van der Waals surface area contributed by atoms with Crippen molar-refractivity contribution in [1.29, 1.82) is 0 Å². The van der Waals surface area contributed by atoms with Crippen LogP contribution in [0.5, 0.6) is 0 Å². The van der Waals surface area contributed by atoms with E-state index < -0.39 is 40.2 Å². The molecule has 1 aliphatic rings. The van der Waals surface area contributed by atoms with Gasteiger partial charge in [-0.15, -0.1) is 0 Å². The molecule has 27 heavy (non-hydrogen) atoms. The number of alkyl halides is 4. The number of fused-ring (bicyclic) bond motifs is 1. The van der Waals surface area contributed by atoms with Crippen molar-refractivity contribution < 1.29 is 22.0 Å². The van der Waals surface area contributed by atoms with Crippen molar-refractivity contribution in [2.45, 2.75) is 30.7 Å². The van der Waals surface area contributed by atoms with Crippen LogP contribution in [0.25, 0.3) is 6.08 Å². The van der Waals surface area contributed by atoms with E-state index in [0.29, 0.717) is 16.7 Å². The zero-order valence-electron chi connectivity index (χ0n) is 13.7. The molecule has 2 aromatic carbocycles. The highest BCUT2D eigenvalue weighted by Gasteiger charge is 2.39. The Morgan fingerprint density at radius 2 is 1.74 bits per heavy atom. The summed E-state index contributed by atoms with van der Waals surface area (Å²) >= 11 is 11.2. The number of hydrogen-bond donors (Lipinski definition) is 1. The molecule has 0 aliphatic heterocycles. The van der Waals surface area contributed by atoms with Crippen molar-refractivity contribution in [3.63, 3.8) is 0 Å². The van der Waals surface area contributed by atoms with Gasteiger partial charge >= 0.3 is 6.18 Å². The molecule has 0 bridgehead atoms. The molecule has 3 rings (SSSR count). The van der Waals surface area contributed by atoms with Gasteiger partial charge in [0.1, 0.15) is 6.17 Å². The van der Waals surface area contributed by atoms with Gasteiger partial charge in [0.05, 0.1) is 22.0 Å². The third-order valence-corrected chi connectivity index (χ3v) is 5.08. The Hall–Kier alpha value is -1.63. The highest BCUT2D eigenvalue weighted by atomic mass is 35.5. The number of rotatable bonds is 3. The summed E-state index contributed by atoms with van der Waals surface area (Å²) in [6.07, 6.45) is -3.50. The average Bonchev–Trinajstić information content (AvgIpc) is 2.85. The molecule has 2 aromatic rings. The first kappa shape index (κ1) is 20.1. The summed E-state index contributed by atoms with van der Waals surface area (Å²) < 4.78 is 67.7. The van der Waals surface area contributed by atoms with E-state index in [-0.39, 0.29) is 12.0 Å². The molecule has 0 saturated heterocycles. The van der Waals surface area contributed by atoms with Crippen molar-refractivity contribution >= 4 is 29.3 Å². The van der Waals surface area contributed by atoms with Gasteiger partial charge < -0.3 is 5.73 Å². The Labute approximate surface area is 162 Å². The van der Waals surface area contributed by atoms with Gasteiger partial charge in [0.25, 0.3) is 0 Å². The number of benzene rings is 2. The van der Waals surface area contributed by atoms with Gasteiger partial charge in [0, 0.05) is 6.42 Å². The third-order valence-electron chi connectivity index (χ3n) is 4.53. The molecule has 0 saturated carbocycles. The molecule has 1 aliphatic carbocycles. The molecular formula is C19H14Cl2F5N. The van der Waals surface area contributed by atoms with Gasteiger partial charge in [-0.3, -0.25) is 0 Å². The molecule has 0 spiro atoms. The maximum Gasteiger partial charge on any atom is 0.399 e. The summed E-state index contributed by atoms with van der Waals surface area (Å²) in [5.74, 6) is -3.00. The average molecular weight is 422 g/mol. The maximum atomic E-state index is 13.7. The highest BCUT2D eigenvalue weighted by Crippen LogP contribution is 2.39. The molecule has 3 unspecified atom stereocenters. The number of nitrogens with two attached hydrogens (primary N) is 1. The SMILES string of the molecule is NC1c2ccc(C=CC(c3cc(Cl)c(F)c(Cl)c3)C(F)(F)F)cc2CC1F. The van der Waals surface area contributed by atoms with Gasteiger partial charge in [-0.1, -0.05) is 53.6 Å². The molecule has 0 fully saturated rings. The molecule has 0 aromatic heterocycles. The largest absolute Gasteiger partial charge is 0.399 e. The molecule has 0 heterocycles. The second kappa shape index (κ2) is 7.41. The lowest BCUT2D eigenvalue weighted by atomic mass is 9.96. The molecule has 2 N–H and O–H groups in total. The highest BCUT2D eigenvalue weighted by molar-refractivity contribution is 6.35. The van der Waals surface area contributed by atoms with Crippen LogP contribution < -0.4 is 5.73 Å². The summed E-state index contributed by atoms with van der Waals surface area (Å²) in [5, 5.41) is -0.971. The normalized spacial score (nSPS) is 20.9. The molecule has 3 atom stereocenters. The van der Waals surface area contributed by atoms with Gasteiger partial charge in [-0.05, 0) is 34.4 Å². The Morgan fingerprint density at radius 1 is 1.11 bits per heavy atom. The minimum atomic E-state index is -4.63. The Morgan fingerprint density at radius 3 is 2.33 bits per heavy atom. The summed E-state index contributed by atoms with van der Waals surface area (Å²) in [5.41, 5.74) is 7.27. The van der Waals surface area contributed by atoms with E-state index in [1.165, 1.54) is 6.08 Å². The lowest BCUT2D eigenvalue weighted by molar-refractivity contribution is -0.139. The van der Waals surface area contributed by atoms with Crippen LogP contribution in [-0.4, -0.2) is 12.3 Å². The molecule has 0 radical (unpaired) electrons. The molecular weight excluding hydrogens is 408 g/mol. The maximum absolute atomic E-state index is 13.7. The Bertz CT molecular complexity index is 871. The third kappa shape index (κ3) is 4.13. The van der Waals surface area contributed by atoms with E-state index in [1.807, 2.05) is 0 Å². The van der Waals surface area contributed by atoms with Gasteiger partial charge in [-0.25, -0.2) is 8.78 Å².